The van der Waals surface area contributed by atoms with Crippen molar-refractivity contribution < 1.29 is 13.2 Å². The number of carbonyl (C=O) groups excluding carboxylic acids is 1. The maximum Gasteiger partial charge on any atom is 0.224 e. The number of nitrogens with zero attached hydrogens (tertiary/aromatic N) is 1. The number of nitrogens with one attached hydrogen (secondary N) is 1. The van der Waals surface area contributed by atoms with Gasteiger partial charge in [0.1, 0.15) is 0 Å². The third kappa shape index (κ3) is 5.59. The predicted octanol–water partition coefficient (Wildman–Crippen LogP) is 3.84. The number of carbonyl (C=O) groups is 1. The molecule has 1 saturated heterocycles. The smallest absolute Gasteiger partial charge is 0.224 e. The van der Waals surface area contributed by atoms with Crippen molar-refractivity contribution in [1.82, 2.24) is 9.62 Å². The van der Waals surface area contributed by atoms with Crippen LogP contribution < -0.4 is 5.32 Å². The average molecular weight is 421 g/mol. The van der Waals surface area contributed by atoms with Gasteiger partial charge in [0, 0.05) is 29.2 Å². The SMILES string of the molecule is CCC(CC)NC(=O)C1CCCN(S(=O)(=O)Cc2ccc(Cl)cc2Cl)C1. The molecule has 1 aliphatic rings. The van der Waals surface area contributed by atoms with E-state index >= 15 is 0 Å². The van der Waals surface area contributed by atoms with Crippen molar-refractivity contribution in [2.24, 2.45) is 5.92 Å². The van der Waals surface area contributed by atoms with Crippen LogP contribution in [-0.2, 0) is 20.6 Å². The molecule has 1 amide bonds. The first kappa shape index (κ1) is 21.5. The summed E-state index contributed by atoms with van der Waals surface area (Å²) in [5, 5.41) is 3.83. The molecular weight excluding hydrogens is 395 g/mol. The molecule has 0 saturated carbocycles. The van der Waals surface area contributed by atoms with Crippen LogP contribution in [0.25, 0.3) is 0 Å². The Kier molecular flexibility index (Phi) is 7.76. The minimum atomic E-state index is -3.55. The van der Waals surface area contributed by atoms with Gasteiger partial charge in [-0.15, -0.1) is 0 Å². The number of hydrogen-bond acceptors (Lipinski definition) is 3. The molecule has 2 rings (SSSR count). The van der Waals surface area contributed by atoms with Gasteiger partial charge in [0.05, 0.1) is 11.7 Å². The van der Waals surface area contributed by atoms with Crippen molar-refractivity contribution in [3.63, 3.8) is 0 Å². The maximum atomic E-state index is 12.8. The van der Waals surface area contributed by atoms with E-state index in [1.165, 1.54) is 10.4 Å². The van der Waals surface area contributed by atoms with Crippen molar-refractivity contribution >= 4 is 39.1 Å². The lowest BCUT2D eigenvalue weighted by Gasteiger charge is -2.32. The average Bonchev–Trinajstić information content (AvgIpc) is 2.62. The van der Waals surface area contributed by atoms with Crippen LogP contribution >= 0.6 is 23.2 Å². The Labute approximate surface area is 166 Å². The second-order valence-corrected chi connectivity index (χ2v) is 9.52. The maximum absolute atomic E-state index is 12.8. The zero-order valence-electron chi connectivity index (χ0n) is 15.2. The summed E-state index contributed by atoms with van der Waals surface area (Å²) >= 11 is 12.0. The van der Waals surface area contributed by atoms with Crippen molar-refractivity contribution in [1.29, 1.82) is 0 Å². The Hall–Kier alpha value is -0.820. The number of benzene rings is 1. The molecule has 0 aliphatic carbocycles. The van der Waals surface area contributed by atoms with E-state index in [4.69, 9.17) is 23.2 Å². The predicted molar refractivity (Wildman–Crippen MR) is 106 cm³/mol. The Balaban J connectivity index is 2.06. The molecule has 0 spiro atoms. The molecule has 0 radical (unpaired) electrons. The van der Waals surface area contributed by atoms with Gasteiger partial charge in [-0.3, -0.25) is 4.79 Å². The van der Waals surface area contributed by atoms with Gasteiger partial charge in [-0.2, -0.15) is 0 Å². The minimum Gasteiger partial charge on any atom is -0.353 e. The highest BCUT2D eigenvalue weighted by molar-refractivity contribution is 7.88. The fourth-order valence-electron chi connectivity index (χ4n) is 3.15. The van der Waals surface area contributed by atoms with Gasteiger partial charge in [0.25, 0.3) is 0 Å². The lowest BCUT2D eigenvalue weighted by Crippen LogP contribution is -2.47. The third-order valence-corrected chi connectivity index (χ3v) is 7.21. The Morgan fingerprint density at radius 2 is 2.00 bits per heavy atom. The second-order valence-electron chi connectivity index (χ2n) is 6.71. The summed E-state index contributed by atoms with van der Waals surface area (Å²) in [6, 6.07) is 4.93. The molecule has 1 aromatic carbocycles. The first-order chi connectivity index (χ1) is 12.3. The monoisotopic (exact) mass is 420 g/mol. The summed E-state index contributed by atoms with van der Waals surface area (Å²) in [6.07, 6.45) is 3.12. The summed E-state index contributed by atoms with van der Waals surface area (Å²) in [4.78, 5) is 12.5. The van der Waals surface area contributed by atoms with E-state index in [1.807, 2.05) is 13.8 Å². The number of amides is 1. The summed E-state index contributed by atoms with van der Waals surface area (Å²) in [7, 11) is -3.55. The van der Waals surface area contributed by atoms with Crippen LogP contribution in [0.5, 0.6) is 0 Å². The zero-order valence-corrected chi connectivity index (χ0v) is 17.5. The molecular formula is C18H26Cl2N2O3S. The number of hydrogen-bond donors (Lipinski definition) is 1. The molecule has 1 aromatic rings. The van der Waals surface area contributed by atoms with Crippen molar-refractivity contribution in [2.45, 2.75) is 51.3 Å². The molecule has 1 aliphatic heterocycles. The van der Waals surface area contributed by atoms with E-state index in [9.17, 15) is 13.2 Å². The molecule has 1 heterocycles. The highest BCUT2D eigenvalue weighted by Gasteiger charge is 2.33. The first-order valence-electron chi connectivity index (χ1n) is 8.99. The first-order valence-corrected chi connectivity index (χ1v) is 11.4. The molecule has 5 nitrogen and oxygen atoms in total. The standard InChI is InChI=1S/C18H26Cl2N2O3S/c1-3-16(4-2)21-18(23)13-6-5-9-22(11-13)26(24,25)12-14-7-8-15(19)10-17(14)20/h7-8,10,13,16H,3-6,9,11-12H2,1-2H3,(H,21,23). The Morgan fingerprint density at radius 1 is 1.31 bits per heavy atom. The second kappa shape index (κ2) is 9.40. The van der Waals surface area contributed by atoms with Crippen LogP contribution in [0.4, 0.5) is 0 Å². The molecule has 1 unspecified atom stereocenters. The molecule has 1 fully saturated rings. The Morgan fingerprint density at radius 3 is 2.62 bits per heavy atom. The largest absolute Gasteiger partial charge is 0.353 e. The van der Waals surface area contributed by atoms with E-state index < -0.39 is 10.0 Å². The number of piperidine rings is 1. The van der Waals surface area contributed by atoms with Crippen LogP contribution in [-0.4, -0.2) is 37.8 Å². The highest BCUT2D eigenvalue weighted by atomic mass is 35.5. The fourth-order valence-corrected chi connectivity index (χ4v) is 5.34. The molecule has 26 heavy (non-hydrogen) atoms. The number of sulfonamides is 1. The molecule has 146 valence electrons. The number of rotatable bonds is 7. The van der Waals surface area contributed by atoms with Gasteiger partial charge >= 0.3 is 0 Å². The van der Waals surface area contributed by atoms with Gasteiger partial charge in [-0.1, -0.05) is 43.1 Å². The molecule has 0 bridgehead atoms. The summed E-state index contributed by atoms with van der Waals surface area (Å²) < 4.78 is 27.0. The summed E-state index contributed by atoms with van der Waals surface area (Å²) in [5.41, 5.74) is 0.514. The van der Waals surface area contributed by atoms with E-state index in [1.54, 1.807) is 12.1 Å². The van der Waals surface area contributed by atoms with Crippen LogP contribution in [0.3, 0.4) is 0 Å². The quantitative estimate of drug-likeness (QED) is 0.728. The highest BCUT2D eigenvalue weighted by Crippen LogP contribution is 2.26. The van der Waals surface area contributed by atoms with E-state index in [0.29, 0.717) is 35.0 Å². The van der Waals surface area contributed by atoms with Crippen molar-refractivity contribution in [3.8, 4) is 0 Å². The van der Waals surface area contributed by atoms with E-state index in [-0.39, 0.29) is 30.2 Å². The molecule has 0 aromatic heterocycles. The van der Waals surface area contributed by atoms with E-state index in [0.717, 1.165) is 12.8 Å². The van der Waals surface area contributed by atoms with Crippen LogP contribution in [0.15, 0.2) is 18.2 Å². The van der Waals surface area contributed by atoms with Crippen LogP contribution in [0.2, 0.25) is 10.0 Å². The van der Waals surface area contributed by atoms with E-state index in [2.05, 4.69) is 5.32 Å². The van der Waals surface area contributed by atoms with Gasteiger partial charge in [0.15, 0.2) is 0 Å². The van der Waals surface area contributed by atoms with Crippen molar-refractivity contribution in [2.75, 3.05) is 13.1 Å². The molecule has 8 heteroatoms. The Bertz CT molecular complexity index is 736. The van der Waals surface area contributed by atoms with Crippen LogP contribution in [0.1, 0.15) is 45.1 Å². The fraction of sp³-hybridized carbons (Fsp3) is 0.611. The summed E-state index contributed by atoms with van der Waals surface area (Å²) in [6.45, 7) is 4.71. The summed E-state index contributed by atoms with van der Waals surface area (Å²) in [5.74, 6) is -0.549. The van der Waals surface area contributed by atoms with Gasteiger partial charge < -0.3 is 5.32 Å². The van der Waals surface area contributed by atoms with Gasteiger partial charge in [-0.25, -0.2) is 12.7 Å². The molecule has 1 atom stereocenters. The normalized spacial score (nSPS) is 18.9. The topological polar surface area (TPSA) is 66.5 Å². The van der Waals surface area contributed by atoms with Crippen molar-refractivity contribution in [3.05, 3.63) is 33.8 Å². The van der Waals surface area contributed by atoms with Crippen LogP contribution in [0, 0.1) is 5.92 Å². The molecule has 1 N–H and O–H groups in total. The zero-order chi connectivity index (χ0) is 19.3. The number of halogens is 2. The third-order valence-electron chi connectivity index (χ3n) is 4.83. The van der Waals surface area contributed by atoms with Gasteiger partial charge in [0.2, 0.25) is 15.9 Å². The lowest BCUT2D eigenvalue weighted by atomic mass is 9.98. The van der Waals surface area contributed by atoms with Gasteiger partial charge in [-0.05, 0) is 43.4 Å². The lowest BCUT2D eigenvalue weighted by molar-refractivity contribution is -0.126. The minimum absolute atomic E-state index is 0.0527.